The Bertz CT molecular complexity index is 1960. The summed E-state index contributed by atoms with van der Waals surface area (Å²) < 4.78 is 68.8. The van der Waals surface area contributed by atoms with Gasteiger partial charge in [0.15, 0.2) is 12.2 Å². The molecular weight excluding hydrogens is 1340 g/mol. The molecule has 19 heteroatoms. The van der Waals surface area contributed by atoms with Crippen molar-refractivity contribution in [2.24, 2.45) is 5.92 Å². The molecule has 0 saturated carbocycles. The van der Waals surface area contributed by atoms with Gasteiger partial charge in [0, 0.05) is 25.7 Å². The van der Waals surface area contributed by atoms with Gasteiger partial charge in [-0.1, -0.05) is 401 Å². The van der Waals surface area contributed by atoms with Crippen molar-refractivity contribution < 1.29 is 80.2 Å². The Hall–Kier alpha value is -1.94. The number of carbonyl (C=O) groups is 4. The van der Waals surface area contributed by atoms with Gasteiger partial charge in [0.2, 0.25) is 0 Å². The van der Waals surface area contributed by atoms with E-state index in [-0.39, 0.29) is 25.7 Å². The molecule has 0 aliphatic heterocycles. The number of hydrogen-bond donors (Lipinski definition) is 3. The zero-order chi connectivity index (χ0) is 75.5. The fraction of sp³-hybridized carbons (Fsp3) is 0.952. The van der Waals surface area contributed by atoms with E-state index in [9.17, 15) is 43.2 Å². The molecule has 0 aromatic carbocycles. The molecule has 0 aromatic heterocycles. The Balaban J connectivity index is 5.20. The number of ether oxygens (including phenoxy) is 4. The lowest BCUT2D eigenvalue weighted by molar-refractivity contribution is -0.161. The third-order valence-corrected chi connectivity index (χ3v) is 21.7. The van der Waals surface area contributed by atoms with E-state index in [1.807, 2.05) is 0 Å². The minimum absolute atomic E-state index is 0.107. The summed E-state index contributed by atoms with van der Waals surface area (Å²) in [7, 11) is -9.92. The van der Waals surface area contributed by atoms with E-state index in [0.29, 0.717) is 25.7 Å². The second-order valence-corrected chi connectivity index (χ2v) is 33.6. The summed E-state index contributed by atoms with van der Waals surface area (Å²) in [6.45, 7) is 7.34. The van der Waals surface area contributed by atoms with E-state index in [1.165, 1.54) is 276 Å². The first kappa shape index (κ1) is 101. The van der Waals surface area contributed by atoms with Crippen molar-refractivity contribution in [1.82, 2.24) is 0 Å². The highest BCUT2D eigenvalue weighted by atomic mass is 31.2. The second kappa shape index (κ2) is 76.8. The fourth-order valence-electron chi connectivity index (χ4n) is 13.1. The molecule has 103 heavy (non-hydrogen) atoms. The Morgan fingerprint density at radius 1 is 0.262 bits per heavy atom. The molecule has 0 radical (unpaired) electrons. The third-order valence-electron chi connectivity index (χ3n) is 19.8. The third kappa shape index (κ3) is 78.0. The highest BCUT2D eigenvalue weighted by Gasteiger charge is 2.30. The van der Waals surface area contributed by atoms with E-state index in [1.54, 1.807) is 0 Å². The molecule has 0 aromatic rings. The smallest absolute Gasteiger partial charge is 0.462 e. The quantitative estimate of drug-likeness (QED) is 0.0222. The first-order valence-electron chi connectivity index (χ1n) is 43.6. The van der Waals surface area contributed by atoms with Crippen LogP contribution in [-0.4, -0.2) is 96.7 Å². The van der Waals surface area contributed by atoms with Crippen LogP contribution in [0.1, 0.15) is 452 Å². The average molecular weight is 1510 g/mol. The van der Waals surface area contributed by atoms with Crippen LogP contribution >= 0.6 is 15.6 Å². The van der Waals surface area contributed by atoms with Gasteiger partial charge in [-0.15, -0.1) is 0 Å². The summed E-state index contributed by atoms with van der Waals surface area (Å²) in [5.74, 6) is -1.33. The van der Waals surface area contributed by atoms with Crippen LogP contribution < -0.4 is 0 Å². The summed E-state index contributed by atoms with van der Waals surface area (Å²) in [6, 6.07) is 0. The van der Waals surface area contributed by atoms with Crippen molar-refractivity contribution in [2.75, 3.05) is 39.6 Å². The van der Waals surface area contributed by atoms with E-state index >= 15 is 0 Å². The SMILES string of the molecule is CCCCCCCCCCCCCCCCCCCCCCCC(=O)O[C@H](COC(=O)CCCCCCCCCCCCCCCCCCCC)COP(=O)(O)OC[C@@H](O)COP(=O)(O)OC[C@@H](COC(=O)CCCCCCCCCCC)OC(=O)CCCCCCCCCCCCCCC(C)C. The van der Waals surface area contributed by atoms with Gasteiger partial charge in [0.05, 0.1) is 26.4 Å². The second-order valence-electron chi connectivity index (χ2n) is 30.7. The number of carbonyl (C=O) groups excluding carboxylic acids is 4. The predicted octanol–water partition coefficient (Wildman–Crippen LogP) is 25.6. The molecule has 0 spiro atoms. The minimum Gasteiger partial charge on any atom is -0.462 e. The molecule has 0 bridgehead atoms. The average Bonchev–Trinajstić information content (AvgIpc) is 0.909. The van der Waals surface area contributed by atoms with Gasteiger partial charge in [-0.05, 0) is 31.6 Å². The maximum Gasteiger partial charge on any atom is 0.472 e. The van der Waals surface area contributed by atoms with Crippen LogP contribution in [0.4, 0.5) is 0 Å². The molecule has 0 fully saturated rings. The molecule has 0 saturated heterocycles. The molecule has 2 unspecified atom stereocenters. The lowest BCUT2D eigenvalue weighted by atomic mass is 10.0. The van der Waals surface area contributed by atoms with E-state index in [0.717, 1.165) is 95.8 Å². The summed E-state index contributed by atoms with van der Waals surface area (Å²) in [5.41, 5.74) is 0. The minimum atomic E-state index is -4.96. The summed E-state index contributed by atoms with van der Waals surface area (Å²) in [5, 5.41) is 10.7. The molecule has 5 atom stereocenters. The number of aliphatic hydroxyl groups is 1. The molecule has 0 aliphatic rings. The first-order valence-corrected chi connectivity index (χ1v) is 46.6. The van der Waals surface area contributed by atoms with Gasteiger partial charge in [-0.3, -0.25) is 37.3 Å². The van der Waals surface area contributed by atoms with Crippen molar-refractivity contribution >= 4 is 39.5 Å². The summed E-state index contributed by atoms with van der Waals surface area (Å²) >= 11 is 0. The van der Waals surface area contributed by atoms with Crippen molar-refractivity contribution in [3.05, 3.63) is 0 Å². The lowest BCUT2D eigenvalue weighted by Crippen LogP contribution is -2.30. The highest BCUT2D eigenvalue weighted by Crippen LogP contribution is 2.45. The van der Waals surface area contributed by atoms with Gasteiger partial charge in [0.1, 0.15) is 19.3 Å². The van der Waals surface area contributed by atoms with Crippen LogP contribution in [0.25, 0.3) is 0 Å². The molecule has 17 nitrogen and oxygen atoms in total. The van der Waals surface area contributed by atoms with Gasteiger partial charge in [0.25, 0.3) is 0 Å². The molecule has 0 amide bonds. The Kier molecular flexibility index (Phi) is 75.4. The van der Waals surface area contributed by atoms with Crippen molar-refractivity contribution in [3.8, 4) is 0 Å². The number of hydrogen-bond acceptors (Lipinski definition) is 15. The van der Waals surface area contributed by atoms with E-state index in [2.05, 4.69) is 34.6 Å². The van der Waals surface area contributed by atoms with Crippen LogP contribution in [0.3, 0.4) is 0 Å². The van der Waals surface area contributed by atoms with Gasteiger partial charge in [-0.2, -0.15) is 0 Å². The monoisotopic (exact) mass is 1510 g/mol. The van der Waals surface area contributed by atoms with Crippen molar-refractivity contribution in [2.45, 2.75) is 470 Å². The topological polar surface area (TPSA) is 237 Å². The maximum atomic E-state index is 13.1. The van der Waals surface area contributed by atoms with Gasteiger partial charge >= 0.3 is 39.5 Å². The van der Waals surface area contributed by atoms with Crippen LogP contribution in [0.5, 0.6) is 0 Å². The number of phosphoric acid groups is 2. The first-order chi connectivity index (χ1) is 50.0. The van der Waals surface area contributed by atoms with Crippen LogP contribution in [-0.2, 0) is 65.4 Å². The zero-order valence-corrected chi connectivity index (χ0v) is 69.3. The van der Waals surface area contributed by atoms with Crippen LogP contribution in [0.15, 0.2) is 0 Å². The molecule has 612 valence electrons. The molecule has 0 heterocycles. The molecule has 3 N–H and O–H groups in total. The number of unbranched alkanes of at least 4 members (excludes halogenated alkanes) is 56. The van der Waals surface area contributed by atoms with Crippen molar-refractivity contribution in [3.63, 3.8) is 0 Å². The van der Waals surface area contributed by atoms with E-state index in [4.69, 9.17) is 37.0 Å². The van der Waals surface area contributed by atoms with Gasteiger partial charge < -0.3 is 33.8 Å². The Labute approximate surface area is 632 Å². The maximum absolute atomic E-state index is 13.1. The fourth-order valence-corrected chi connectivity index (χ4v) is 14.7. The normalized spacial score (nSPS) is 13.8. The highest BCUT2D eigenvalue weighted by molar-refractivity contribution is 7.47. The molecule has 0 rings (SSSR count). The predicted molar refractivity (Wildman–Crippen MR) is 423 cm³/mol. The number of aliphatic hydroxyl groups excluding tert-OH is 1. The zero-order valence-electron chi connectivity index (χ0n) is 67.5. The molecule has 0 aliphatic carbocycles. The summed E-state index contributed by atoms with van der Waals surface area (Å²) in [6.07, 6.45) is 69.5. The standard InChI is InChI=1S/C84H164O17P2/c1-6-9-12-15-18-21-23-25-27-29-31-32-33-35-37-39-44-49-54-59-64-69-83(88)101-80(74-95-82(87)68-63-58-53-48-43-38-36-34-30-28-26-24-22-19-16-13-10-7-2)76-99-103(92,93)97-72-78(85)71-96-102(90,91)98-75-79(73-94-81(86)67-62-57-52-46-20-17-14-11-8-3)100-84(89)70-65-60-55-50-45-41-40-42-47-51-56-61-66-77(4)5/h77-80,85H,6-76H2,1-5H3,(H,90,91)(H,92,93)/t78-,79+,80+/m0/s1. The van der Waals surface area contributed by atoms with Crippen LogP contribution in [0, 0.1) is 5.92 Å². The number of esters is 4. The van der Waals surface area contributed by atoms with Gasteiger partial charge in [-0.25, -0.2) is 9.13 Å². The Morgan fingerprint density at radius 3 is 0.660 bits per heavy atom. The van der Waals surface area contributed by atoms with E-state index < -0.39 is 97.5 Å². The number of phosphoric ester groups is 2. The summed E-state index contributed by atoms with van der Waals surface area (Å²) in [4.78, 5) is 73.1. The number of rotatable bonds is 84. The molecular formula is C84H164O17P2. The Morgan fingerprint density at radius 2 is 0.447 bits per heavy atom. The lowest BCUT2D eigenvalue weighted by Gasteiger charge is -2.21. The van der Waals surface area contributed by atoms with Crippen LogP contribution in [0.2, 0.25) is 0 Å². The largest absolute Gasteiger partial charge is 0.472 e. The van der Waals surface area contributed by atoms with Crippen molar-refractivity contribution in [1.29, 1.82) is 0 Å².